The Hall–Kier alpha value is -2.45. The molecule has 0 aliphatic heterocycles. The number of hydrogen-bond acceptors (Lipinski definition) is 10. The van der Waals surface area contributed by atoms with Gasteiger partial charge in [-0.2, -0.15) is 8.42 Å². The van der Waals surface area contributed by atoms with Gasteiger partial charge in [0.15, 0.2) is 0 Å². The van der Waals surface area contributed by atoms with Crippen LogP contribution in [0.4, 0.5) is 5.82 Å². The first kappa shape index (κ1) is 25.6. The highest BCUT2D eigenvalue weighted by molar-refractivity contribution is 7.84. The highest BCUT2D eigenvalue weighted by Crippen LogP contribution is 2.31. The largest absolute Gasteiger partial charge is 0.393 e. The monoisotopic (exact) mass is 537 g/mol. The molecule has 4 rings (SSSR count). The molecule has 13 heteroatoms. The molecule has 3 aromatic rings. The first-order chi connectivity index (χ1) is 16.6. The van der Waals surface area contributed by atoms with E-state index in [4.69, 9.17) is 22.5 Å². The van der Waals surface area contributed by atoms with Crippen LogP contribution in [0.2, 0.25) is 5.02 Å². The number of thiophene rings is 1. The van der Waals surface area contributed by atoms with Crippen LogP contribution in [-0.4, -0.2) is 48.0 Å². The van der Waals surface area contributed by atoms with E-state index >= 15 is 0 Å². The summed E-state index contributed by atoms with van der Waals surface area (Å²) >= 11 is 7.34. The smallest absolute Gasteiger partial charge is 0.333 e. The summed E-state index contributed by atoms with van der Waals surface area (Å²) in [6.45, 7) is -0.224. The molecule has 186 valence electrons. The Bertz CT molecular complexity index is 1320. The number of aliphatic hydroxyl groups is 1. The predicted molar refractivity (Wildman–Crippen MR) is 132 cm³/mol. The zero-order valence-corrected chi connectivity index (χ0v) is 20.8. The van der Waals surface area contributed by atoms with E-state index in [-0.39, 0.29) is 24.0 Å². The first-order valence-electron chi connectivity index (χ1n) is 10.7. The van der Waals surface area contributed by atoms with E-state index in [9.17, 15) is 18.3 Å². The number of carbonyl (C=O) groups excluding carboxylic acids is 1. The molecule has 0 spiro atoms. The van der Waals surface area contributed by atoms with Gasteiger partial charge in [-0.15, -0.1) is 11.3 Å². The van der Waals surface area contributed by atoms with E-state index < -0.39 is 28.4 Å². The maximum atomic E-state index is 13.3. The summed E-state index contributed by atoms with van der Waals surface area (Å²) in [6, 6.07) is 8.30. The van der Waals surface area contributed by atoms with Crippen molar-refractivity contribution in [2.75, 3.05) is 11.9 Å². The SMILES string of the molecule is N[C@H](c1cccc(Cl)c1)c1csc(C(=O)c2cncnc2N[C@@H]2C[C@H](COS(N)(=O)=O)[C@@H](O)C2)c1. The van der Waals surface area contributed by atoms with Crippen LogP contribution >= 0.6 is 22.9 Å². The Morgan fingerprint density at radius 1 is 1.31 bits per heavy atom. The Morgan fingerprint density at radius 3 is 2.86 bits per heavy atom. The number of rotatable bonds is 9. The fourth-order valence-electron chi connectivity index (χ4n) is 4.04. The van der Waals surface area contributed by atoms with Crippen molar-refractivity contribution in [3.05, 3.63) is 74.8 Å². The molecule has 0 saturated heterocycles. The molecule has 1 saturated carbocycles. The van der Waals surface area contributed by atoms with Crippen molar-refractivity contribution < 1.29 is 22.5 Å². The lowest BCUT2D eigenvalue weighted by molar-refractivity contribution is 0.101. The number of anilines is 1. The van der Waals surface area contributed by atoms with Crippen LogP contribution in [0.15, 0.2) is 48.2 Å². The highest BCUT2D eigenvalue weighted by Gasteiger charge is 2.35. The lowest BCUT2D eigenvalue weighted by atomic mass is 10.0. The molecule has 0 bridgehead atoms. The predicted octanol–water partition coefficient (Wildman–Crippen LogP) is 2.24. The third-order valence-corrected chi connectivity index (χ3v) is 7.46. The molecule has 0 unspecified atom stereocenters. The van der Waals surface area contributed by atoms with Crippen LogP contribution in [-0.2, 0) is 14.5 Å². The van der Waals surface area contributed by atoms with Gasteiger partial charge in [-0.25, -0.2) is 15.1 Å². The van der Waals surface area contributed by atoms with E-state index in [1.54, 1.807) is 18.2 Å². The summed E-state index contributed by atoms with van der Waals surface area (Å²) in [5.41, 5.74) is 8.26. The quantitative estimate of drug-likeness (QED) is 0.299. The first-order valence-corrected chi connectivity index (χ1v) is 13.4. The van der Waals surface area contributed by atoms with Crippen molar-refractivity contribution in [1.29, 1.82) is 0 Å². The molecule has 4 atom stereocenters. The zero-order chi connectivity index (χ0) is 25.2. The van der Waals surface area contributed by atoms with Gasteiger partial charge in [0.05, 0.1) is 29.2 Å². The average Bonchev–Trinajstić information content (AvgIpc) is 3.43. The molecule has 10 nitrogen and oxygen atoms in total. The Morgan fingerprint density at radius 2 is 2.11 bits per heavy atom. The molecule has 1 aliphatic rings. The van der Waals surface area contributed by atoms with Crippen molar-refractivity contribution in [3.63, 3.8) is 0 Å². The Balaban J connectivity index is 1.47. The molecule has 2 aromatic heterocycles. The van der Waals surface area contributed by atoms with Gasteiger partial charge in [0, 0.05) is 23.2 Å². The third kappa shape index (κ3) is 6.41. The second kappa shape index (κ2) is 10.7. The minimum atomic E-state index is -4.10. The van der Waals surface area contributed by atoms with Crippen LogP contribution < -0.4 is 16.2 Å². The minimum Gasteiger partial charge on any atom is -0.393 e. The molecule has 6 N–H and O–H groups in total. The van der Waals surface area contributed by atoms with Crippen molar-refractivity contribution in [1.82, 2.24) is 9.97 Å². The second-order valence-corrected chi connectivity index (χ2v) is 10.9. The molecule has 0 radical (unpaired) electrons. The standard InChI is InChI=1S/C22H24ClN5O5S2/c23-15-3-1-2-12(4-15)20(24)14-6-19(34-10-14)21(30)17-8-26-11-27-22(17)28-16-5-13(18(29)7-16)9-33-35(25,31)32/h1-4,6,8,10-11,13,16,18,20,29H,5,7,9,24H2,(H2,25,31,32)(H,26,27,28)/t13-,16-,18+,20-/m1/s1. The van der Waals surface area contributed by atoms with Crippen LogP contribution in [0.1, 0.15) is 45.2 Å². The summed E-state index contributed by atoms with van der Waals surface area (Å²) < 4.78 is 26.7. The summed E-state index contributed by atoms with van der Waals surface area (Å²) in [6.07, 6.45) is 2.70. The van der Waals surface area contributed by atoms with Gasteiger partial charge in [0.25, 0.3) is 0 Å². The van der Waals surface area contributed by atoms with Gasteiger partial charge in [-0.05, 0) is 47.5 Å². The topological polar surface area (TPSA) is 171 Å². The molecule has 0 amide bonds. The Labute approximate surface area is 211 Å². The lowest BCUT2D eigenvalue weighted by Gasteiger charge is -2.15. The number of carbonyl (C=O) groups is 1. The molecular formula is C22H24ClN5O5S2. The van der Waals surface area contributed by atoms with Gasteiger partial charge in [-0.3, -0.25) is 8.98 Å². The van der Waals surface area contributed by atoms with E-state index in [2.05, 4.69) is 19.5 Å². The fraction of sp³-hybridized carbons (Fsp3) is 0.318. The molecule has 1 aliphatic carbocycles. The number of halogens is 1. The van der Waals surface area contributed by atoms with E-state index in [1.165, 1.54) is 23.9 Å². The average molecular weight is 538 g/mol. The summed E-state index contributed by atoms with van der Waals surface area (Å²) in [4.78, 5) is 22.0. The van der Waals surface area contributed by atoms with Crippen molar-refractivity contribution >= 4 is 44.8 Å². The van der Waals surface area contributed by atoms with Gasteiger partial charge in [0.2, 0.25) is 5.78 Å². The Kier molecular flexibility index (Phi) is 7.81. The van der Waals surface area contributed by atoms with Crippen LogP contribution in [0, 0.1) is 5.92 Å². The van der Waals surface area contributed by atoms with Gasteiger partial charge >= 0.3 is 10.3 Å². The maximum absolute atomic E-state index is 13.3. The normalized spacial score (nSPS) is 21.1. The fourth-order valence-corrected chi connectivity index (χ4v) is 5.51. The minimum absolute atomic E-state index is 0.224. The lowest BCUT2D eigenvalue weighted by Crippen LogP contribution is -2.24. The van der Waals surface area contributed by atoms with Crippen LogP contribution in [0.5, 0.6) is 0 Å². The molecule has 1 aromatic carbocycles. The number of nitrogens with zero attached hydrogens (tertiary/aromatic N) is 2. The number of benzene rings is 1. The van der Waals surface area contributed by atoms with Crippen LogP contribution in [0.25, 0.3) is 0 Å². The van der Waals surface area contributed by atoms with Crippen LogP contribution in [0.3, 0.4) is 0 Å². The molecule has 1 fully saturated rings. The van der Waals surface area contributed by atoms with E-state index in [0.717, 1.165) is 11.1 Å². The summed E-state index contributed by atoms with van der Waals surface area (Å²) in [5.74, 6) is -0.376. The van der Waals surface area contributed by atoms with Crippen molar-refractivity contribution in [3.8, 4) is 0 Å². The zero-order valence-electron chi connectivity index (χ0n) is 18.4. The summed E-state index contributed by atoms with van der Waals surface area (Å²) in [7, 11) is -4.10. The van der Waals surface area contributed by atoms with Gasteiger partial charge < -0.3 is 16.2 Å². The molecule has 35 heavy (non-hydrogen) atoms. The van der Waals surface area contributed by atoms with Crippen molar-refractivity contribution in [2.24, 2.45) is 16.8 Å². The highest BCUT2D eigenvalue weighted by atomic mass is 35.5. The third-order valence-electron chi connectivity index (χ3n) is 5.81. The number of nitrogens with one attached hydrogen (secondary N) is 1. The van der Waals surface area contributed by atoms with E-state index in [0.29, 0.717) is 28.6 Å². The number of ketones is 1. The number of hydrogen-bond donors (Lipinski definition) is 4. The second-order valence-electron chi connectivity index (χ2n) is 8.31. The maximum Gasteiger partial charge on any atom is 0.333 e. The van der Waals surface area contributed by atoms with Crippen molar-refractivity contribution in [2.45, 2.75) is 31.0 Å². The molecule has 2 heterocycles. The number of aromatic nitrogens is 2. The van der Waals surface area contributed by atoms with Gasteiger partial charge in [0.1, 0.15) is 12.1 Å². The number of aliphatic hydroxyl groups excluding tert-OH is 1. The van der Waals surface area contributed by atoms with E-state index in [1.807, 2.05) is 17.5 Å². The van der Waals surface area contributed by atoms with Gasteiger partial charge in [-0.1, -0.05) is 23.7 Å². The summed E-state index contributed by atoms with van der Waals surface area (Å²) in [5, 5.41) is 20.7. The number of nitrogens with two attached hydrogens (primary N) is 2. The molecular weight excluding hydrogens is 514 g/mol.